The first-order chi connectivity index (χ1) is 7.24. The molecule has 3 nitrogen and oxygen atoms in total. The summed E-state index contributed by atoms with van der Waals surface area (Å²) in [4.78, 5) is 4.27. The number of aryl methyl sites for hydroxylation is 1. The molecule has 1 N–H and O–H groups in total. The van der Waals surface area contributed by atoms with Gasteiger partial charge in [0.25, 0.3) is 0 Å². The van der Waals surface area contributed by atoms with E-state index in [0.29, 0.717) is 6.04 Å². The van der Waals surface area contributed by atoms with Crippen molar-refractivity contribution in [2.45, 2.75) is 25.8 Å². The van der Waals surface area contributed by atoms with E-state index in [2.05, 4.69) is 17.2 Å². The van der Waals surface area contributed by atoms with Crippen molar-refractivity contribution in [1.29, 1.82) is 0 Å². The van der Waals surface area contributed by atoms with Crippen molar-refractivity contribution in [3.63, 3.8) is 0 Å². The van der Waals surface area contributed by atoms with Gasteiger partial charge in [0.05, 0.1) is 0 Å². The zero-order chi connectivity index (χ0) is 10.7. The van der Waals surface area contributed by atoms with E-state index in [0.717, 1.165) is 30.2 Å². The molecule has 1 aliphatic rings. The molecular formula is C11H16N2OS. The van der Waals surface area contributed by atoms with Crippen LogP contribution in [0.25, 0.3) is 0 Å². The molecule has 1 aliphatic heterocycles. The van der Waals surface area contributed by atoms with Crippen molar-refractivity contribution in [2.24, 2.45) is 0 Å². The molecule has 15 heavy (non-hydrogen) atoms. The summed E-state index contributed by atoms with van der Waals surface area (Å²) < 4.78 is 11.2. The van der Waals surface area contributed by atoms with Crippen molar-refractivity contribution in [2.75, 3.05) is 16.8 Å². The molecule has 0 aromatic carbocycles. The van der Waals surface area contributed by atoms with E-state index in [-0.39, 0.29) is 0 Å². The first-order valence-electron chi connectivity index (χ1n) is 5.28. The summed E-state index contributed by atoms with van der Waals surface area (Å²) in [5, 5.41) is 3.40. The van der Waals surface area contributed by atoms with Gasteiger partial charge in [-0.1, -0.05) is 0 Å². The Balaban J connectivity index is 1.94. The molecule has 0 amide bonds. The zero-order valence-electron chi connectivity index (χ0n) is 8.90. The quantitative estimate of drug-likeness (QED) is 0.831. The molecule has 0 atom stereocenters. The van der Waals surface area contributed by atoms with E-state index in [4.69, 9.17) is 0 Å². The lowest BCUT2D eigenvalue weighted by Crippen LogP contribution is -2.29. The monoisotopic (exact) mass is 224 g/mol. The minimum absolute atomic E-state index is 0.442. The van der Waals surface area contributed by atoms with Crippen LogP contribution in [0.15, 0.2) is 18.3 Å². The maximum atomic E-state index is 11.2. The van der Waals surface area contributed by atoms with Gasteiger partial charge in [-0.15, -0.1) is 0 Å². The number of aromatic nitrogens is 1. The standard InChI is InChI=1S/C11H16N2OS/c1-9-2-5-12-11(8-9)13-10-3-6-15(14)7-4-10/h2,5,8,10H,3-4,6-7H2,1H3,(H,12,13). The Morgan fingerprint density at radius 1 is 1.47 bits per heavy atom. The molecule has 0 spiro atoms. The fourth-order valence-corrected chi connectivity index (χ4v) is 3.06. The van der Waals surface area contributed by atoms with Crippen LogP contribution in [-0.4, -0.2) is 26.7 Å². The molecule has 0 saturated carbocycles. The average molecular weight is 224 g/mol. The molecule has 82 valence electrons. The molecule has 0 aliphatic carbocycles. The molecule has 1 aromatic heterocycles. The third-order valence-electron chi connectivity index (χ3n) is 2.66. The van der Waals surface area contributed by atoms with Gasteiger partial charge < -0.3 is 5.32 Å². The summed E-state index contributed by atoms with van der Waals surface area (Å²) in [6, 6.07) is 4.48. The number of pyridine rings is 1. The van der Waals surface area contributed by atoms with Crippen LogP contribution in [0.1, 0.15) is 18.4 Å². The van der Waals surface area contributed by atoms with Gasteiger partial charge in [0, 0.05) is 34.5 Å². The van der Waals surface area contributed by atoms with Crippen LogP contribution in [0.4, 0.5) is 5.82 Å². The second kappa shape index (κ2) is 4.75. The molecule has 2 heterocycles. The molecular weight excluding hydrogens is 208 g/mol. The number of anilines is 1. The maximum Gasteiger partial charge on any atom is 0.126 e. The Morgan fingerprint density at radius 3 is 2.87 bits per heavy atom. The zero-order valence-corrected chi connectivity index (χ0v) is 9.72. The summed E-state index contributed by atoms with van der Waals surface area (Å²) in [6.07, 6.45) is 3.79. The highest BCUT2D eigenvalue weighted by Gasteiger charge is 2.17. The van der Waals surface area contributed by atoms with Crippen LogP contribution in [-0.2, 0) is 10.8 Å². The lowest BCUT2D eigenvalue weighted by molar-refractivity contribution is 0.622. The number of hydrogen-bond acceptors (Lipinski definition) is 3. The summed E-state index contributed by atoms with van der Waals surface area (Å²) in [5.74, 6) is 2.58. The van der Waals surface area contributed by atoms with Gasteiger partial charge in [-0.3, -0.25) is 4.21 Å². The van der Waals surface area contributed by atoms with Crippen LogP contribution in [0, 0.1) is 6.92 Å². The van der Waals surface area contributed by atoms with Crippen LogP contribution in [0.3, 0.4) is 0 Å². The Morgan fingerprint density at radius 2 is 2.20 bits per heavy atom. The van der Waals surface area contributed by atoms with Gasteiger partial charge in [-0.2, -0.15) is 0 Å². The van der Waals surface area contributed by atoms with Crippen molar-refractivity contribution in [1.82, 2.24) is 4.98 Å². The number of nitrogens with one attached hydrogen (secondary N) is 1. The summed E-state index contributed by atoms with van der Waals surface area (Å²) in [7, 11) is -0.584. The molecule has 1 saturated heterocycles. The van der Waals surface area contributed by atoms with E-state index in [9.17, 15) is 4.21 Å². The van der Waals surface area contributed by atoms with Crippen molar-refractivity contribution in [3.8, 4) is 0 Å². The van der Waals surface area contributed by atoms with Crippen LogP contribution >= 0.6 is 0 Å². The topological polar surface area (TPSA) is 42.0 Å². The fraction of sp³-hybridized carbons (Fsp3) is 0.545. The molecule has 1 aromatic rings. The van der Waals surface area contributed by atoms with Gasteiger partial charge in [-0.25, -0.2) is 4.98 Å². The highest BCUT2D eigenvalue weighted by atomic mass is 32.2. The Bertz CT molecular complexity index is 357. The fourth-order valence-electron chi connectivity index (χ4n) is 1.76. The van der Waals surface area contributed by atoms with Gasteiger partial charge in [0.2, 0.25) is 0 Å². The van der Waals surface area contributed by atoms with Crippen LogP contribution in [0.5, 0.6) is 0 Å². The van der Waals surface area contributed by atoms with Crippen molar-refractivity contribution < 1.29 is 4.21 Å². The van der Waals surface area contributed by atoms with Gasteiger partial charge in [0.1, 0.15) is 5.82 Å². The summed E-state index contributed by atoms with van der Waals surface area (Å²) >= 11 is 0. The van der Waals surface area contributed by atoms with E-state index >= 15 is 0 Å². The predicted molar refractivity (Wildman–Crippen MR) is 63.5 cm³/mol. The van der Waals surface area contributed by atoms with Gasteiger partial charge in [-0.05, 0) is 37.5 Å². The SMILES string of the molecule is Cc1ccnc(NC2CCS(=O)CC2)c1. The number of nitrogens with zero attached hydrogens (tertiary/aromatic N) is 1. The van der Waals surface area contributed by atoms with Crippen molar-refractivity contribution in [3.05, 3.63) is 23.9 Å². The summed E-state index contributed by atoms with van der Waals surface area (Å²) in [6.45, 7) is 2.06. The highest BCUT2D eigenvalue weighted by molar-refractivity contribution is 7.85. The van der Waals surface area contributed by atoms with Crippen LogP contribution in [0.2, 0.25) is 0 Å². The van der Waals surface area contributed by atoms with E-state index in [1.807, 2.05) is 18.3 Å². The van der Waals surface area contributed by atoms with Crippen molar-refractivity contribution >= 4 is 16.6 Å². The molecule has 0 bridgehead atoms. The minimum atomic E-state index is -0.584. The average Bonchev–Trinajstić information content (AvgIpc) is 2.22. The second-order valence-electron chi connectivity index (χ2n) is 3.99. The minimum Gasteiger partial charge on any atom is -0.367 e. The maximum absolute atomic E-state index is 11.2. The Kier molecular flexibility index (Phi) is 3.36. The normalized spacial score (nSPS) is 26.2. The predicted octanol–water partition coefficient (Wildman–Crippen LogP) is 1.71. The largest absolute Gasteiger partial charge is 0.367 e. The number of rotatable bonds is 2. The Hall–Kier alpha value is -0.900. The highest BCUT2D eigenvalue weighted by Crippen LogP contribution is 2.15. The third-order valence-corrected chi connectivity index (χ3v) is 4.04. The number of hydrogen-bond donors (Lipinski definition) is 1. The third kappa shape index (κ3) is 3.02. The van der Waals surface area contributed by atoms with E-state index in [1.165, 1.54) is 5.56 Å². The Labute approximate surface area is 92.8 Å². The molecule has 0 unspecified atom stereocenters. The lowest BCUT2D eigenvalue weighted by atomic mass is 10.1. The molecule has 1 fully saturated rings. The molecule has 2 rings (SSSR count). The van der Waals surface area contributed by atoms with E-state index in [1.54, 1.807) is 0 Å². The van der Waals surface area contributed by atoms with Gasteiger partial charge in [0.15, 0.2) is 0 Å². The van der Waals surface area contributed by atoms with Gasteiger partial charge >= 0.3 is 0 Å². The smallest absolute Gasteiger partial charge is 0.126 e. The lowest BCUT2D eigenvalue weighted by Gasteiger charge is -2.23. The first-order valence-corrected chi connectivity index (χ1v) is 6.77. The second-order valence-corrected chi connectivity index (χ2v) is 5.68. The first kappa shape index (κ1) is 10.6. The molecule has 4 heteroatoms. The summed E-state index contributed by atoms with van der Waals surface area (Å²) in [5.41, 5.74) is 1.21. The molecule has 0 radical (unpaired) electrons. The van der Waals surface area contributed by atoms with E-state index < -0.39 is 10.8 Å². The van der Waals surface area contributed by atoms with Crippen LogP contribution < -0.4 is 5.32 Å².